The molecule has 1 N–H and O–H groups in total. The van der Waals surface area contributed by atoms with E-state index >= 15 is 0 Å². The predicted octanol–water partition coefficient (Wildman–Crippen LogP) is 5.26. The van der Waals surface area contributed by atoms with Gasteiger partial charge in [-0.3, -0.25) is 0 Å². The molecule has 0 atom stereocenters. The van der Waals surface area contributed by atoms with Crippen LogP contribution in [0.1, 0.15) is 62.0 Å². The minimum atomic E-state index is -3.23. The first-order valence-electron chi connectivity index (χ1n) is 11.7. The molecule has 0 spiro atoms. The highest BCUT2D eigenvalue weighted by Gasteiger charge is 2.36. The first kappa shape index (κ1) is 22.3. The predicted molar refractivity (Wildman–Crippen MR) is 126 cm³/mol. The van der Waals surface area contributed by atoms with Crippen LogP contribution in [0.2, 0.25) is 0 Å². The highest BCUT2D eigenvalue weighted by atomic mass is 32.2. The lowest BCUT2D eigenvalue weighted by molar-refractivity contribution is 0.311. The summed E-state index contributed by atoms with van der Waals surface area (Å²) in [6, 6.07) is 4.96. The number of fused-ring (bicyclic) bond motifs is 1. The van der Waals surface area contributed by atoms with E-state index in [0.717, 1.165) is 56.1 Å². The first-order valence-corrected chi connectivity index (χ1v) is 13.2. The van der Waals surface area contributed by atoms with Crippen LogP contribution in [0, 0.1) is 12.7 Å². The number of nitrogens with one attached hydrogen (secondary N) is 1. The smallest absolute Gasteiger partial charge is 0.216 e. The van der Waals surface area contributed by atoms with E-state index in [1.54, 1.807) is 16.6 Å². The molecule has 0 radical (unpaired) electrons. The van der Waals surface area contributed by atoms with Crippen LogP contribution in [0.15, 0.2) is 35.2 Å². The Hall–Kier alpha value is -2.52. The molecule has 9 heteroatoms. The first-order chi connectivity index (χ1) is 15.9. The van der Waals surface area contributed by atoms with Crippen molar-refractivity contribution in [3.63, 3.8) is 0 Å². The number of benzene rings is 1. The fourth-order valence-corrected chi connectivity index (χ4v) is 7.16. The van der Waals surface area contributed by atoms with Crippen LogP contribution >= 0.6 is 0 Å². The zero-order chi connectivity index (χ0) is 23.0. The summed E-state index contributed by atoms with van der Waals surface area (Å²) >= 11 is 0. The van der Waals surface area contributed by atoms with Gasteiger partial charge in [-0.15, -0.1) is 0 Å². The van der Waals surface area contributed by atoms with Gasteiger partial charge in [-0.2, -0.15) is 0 Å². The van der Waals surface area contributed by atoms with Crippen LogP contribution in [0.5, 0.6) is 0 Å². The molecule has 1 aromatic carbocycles. The second kappa shape index (κ2) is 9.02. The molecule has 2 aliphatic rings. The Kier molecular flexibility index (Phi) is 6.09. The number of sulfonamides is 1. The number of piperidine rings is 1. The van der Waals surface area contributed by atoms with Crippen LogP contribution in [-0.2, 0) is 10.0 Å². The molecule has 1 aliphatic heterocycles. The fourth-order valence-electron chi connectivity index (χ4n) is 5.09. The minimum Gasteiger partial charge on any atom is -0.458 e. The van der Waals surface area contributed by atoms with Crippen LogP contribution in [-0.4, -0.2) is 41.0 Å². The molecule has 0 unspecified atom stereocenters. The molecule has 0 amide bonds. The summed E-state index contributed by atoms with van der Waals surface area (Å²) in [6.45, 7) is 2.86. The lowest BCUT2D eigenvalue weighted by atomic mass is 9.91. The number of furan rings is 1. The van der Waals surface area contributed by atoms with Crippen LogP contribution < -0.4 is 5.32 Å². The van der Waals surface area contributed by atoms with Gasteiger partial charge in [-0.1, -0.05) is 25.3 Å². The van der Waals surface area contributed by atoms with E-state index in [1.165, 1.54) is 12.4 Å². The van der Waals surface area contributed by atoms with Crippen molar-refractivity contribution in [1.29, 1.82) is 0 Å². The Morgan fingerprint density at radius 1 is 1.09 bits per heavy atom. The van der Waals surface area contributed by atoms with E-state index in [9.17, 15) is 12.8 Å². The molecule has 0 bridgehead atoms. The Bertz CT molecular complexity index is 1250. The lowest BCUT2D eigenvalue weighted by Crippen LogP contribution is -2.43. The van der Waals surface area contributed by atoms with Gasteiger partial charge < -0.3 is 9.73 Å². The lowest BCUT2D eigenvalue weighted by Gasteiger charge is -2.34. The van der Waals surface area contributed by atoms with Gasteiger partial charge in [0.2, 0.25) is 10.0 Å². The maximum atomic E-state index is 14.3. The summed E-state index contributed by atoms with van der Waals surface area (Å²) in [5, 5.41) is 2.79. The maximum absolute atomic E-state index is 14.3. The van der Waals surface area contributed by atoms with Gasteiger partial charge in [0.25, 0.3) is 0 Å². The molecular weight excluding hydrogens is 443 g/mol. The zero-order valence-electron chi connectivity index (χ0n) is 18.8. The van der Waals surface area contributed by atoms with Crippen molar-refractivity contribution in [3.8, 4) is 0 Å². The van der Waals surface area contributed by atoms with E-state index in [0.29, 0.717) is 35.7 Å². The van der Waals surface area contributed by atoms with Crippen molar-refractivity contribution in [2.75, 3.05) is 18.4 Å². The maximum Gasteiger partial charge on any atom is 0.216 e. The Balaban J connectivity index is 1.33. The molecule has 5 rings (SSSR count). The zero-order valence-corrected chi connectivity index (χ0v) is 19.6. The van der Waals surface area contributed by atoms with Gasteiger partial charge >= 0.3 is 0 Å². The molecule has 7 nitrogen and oxygen atoms in total. The number of hydrogen-bond donors (Lipinski definition) is 1. The number of halogens is 1. The van der Waals surface area contributed by atoms with Crippen LogP contribution in [0.3, 0.4) is 0 Å². The second-order valence-electron chi connectivity index (χ2n) is 9.18. The van der Waals surface area contributed by atoms with Crippen molar-refractivity contribution in [3.05, 3.63) is 47.7 Å². The summed E-state index contributed by atoms with van der Waals surface area (Å²) in [6.07, 6.45) is 9.28. The highest BCUT2D eigenvalue weighted by Crippen LogP contribution is 2.37. The number of aryl methyl sites for hydroxylation is 1. The number of aromatic nitrogens is 2. The molecule has 1 saturated carbocycles. The topological polar surface area (TPSA) is 88.3 Å². The summed E-state index contributed by atoms with van der Waals surface area (Å²) in [5.74, 6) is 0.203. The standard InChI is InChI=1S/C24H29FN4O3S/c1-16-7-8-21(20(25)13-16)28-24-23-22(26-15-27-24)19(14-32-23)17-9-11-29(12-10-17)33(30,31)18-5-3-2-4-6-18/h7-8,13-15,17-18H,2-6,9-12H2,1H3,(H,26,27,28). The summed E-state index contributed by atoms with van der Waals surface area (Å²) in [4.78, 5) is 8.68. The normalized spacial score (nSPS) is 19.2. The van der Waals surface area contributed by atoms with Gasteiger partial charge in [0.1, 0.15) is 17.7 Å². The van der Waals surface area contributed by atoms with Crippen molar-refractivity contribution in [2.45, 2.75) is 63.0 Å². The number of nitrogens with zero attached hydrogens (tertiary/aromatic N) is 3. The molecule has 3 aromatic rings. The van der Waals surface area contributed by atoms with Crippen molar-refractivity contribution >= 4 is 32.6 Å². The quantitative estimate of drug-likeness (QED) is 0.545. The average Bonchev–Trinajstić information content (AvgIpc) is 3.27. The largest absolute Gasteiger partial charge is 0.458 e. The van der Waals surface area contributed by atoms with Gasteiger partial charge in [0.15, 0.2) is 11.4 Å². The summed E-state index contributed by atoms with van der Waals surface area (Å²) < 4.78 is 47.9. The molecule has 2 aromatic heterocycles. The van der Waals surface area contributed by atoms with Gasteiger partial charge in [-0.25, -0.2) is 27.1 Å². The Labute approximate surface area is 193 Å². The highest BCUT2D eigenvalue weighted by molar-refractivity contribution is 7.89. The fraction of sp³-hybridized carbons (Fsp3) is 0.500. The van der Waals surface area contributed by atoms with Crippen LogP contribution in [0.4, 0.5) is 15.9 Å². The van der Waals surface area contributed by atoms with Gasteiger partial charge in [-0.05, 0) is 56.2 Å². The third-order valence-corrected chi connectivity index (χ3v) is 9.38. The summed E-state index contributed by atoms with van der Waals surface area (Å²) in [5.41, 5.74) is 3.27. The van der Waals surface area contributed by atoms with Gasteiger partial charge in [0.05, 0.1) is 17.2 Å². The average molecular weight is 473 g/mol. The number of anilines is 2. The second-order valence-corrected chi connectivity index (χ2v) is 11.4. The minimum absolute atomic E-state index is 0.155. The van der Waals surface area contributed by atoms with Crippen molar-refractivity contribution in [2.24, 2.45) is 0 Å². The molecule has 1 saturated heterocycles. The third-order valence-electron chi connectivity index (χ3n) is 6.99. The third kappa shape index (κ3) is 4.36. The molecule has 3 heterocycles. The molecule has 2 fully saturated rings. The van der Waals surface area contributed by atoms with E-state index in [-0.39, 0.29) is 17.0 Å². The Morgan fingerprint density at radius 3 is 2.58 bits per heavy atom. The van der Waals surface area contributed by atoms with Crippen molar-refractivity contribution < 1.29 is 17.2 Å². The van der Waals surface area contributed by atoms with Crippen LogP contribution in [0.25, 0.3) is 11.1 Å². The van der Waals surface area contributed by atoms with E-state index in [4.69, 9.17) is 4.42 Å². The molecule has 1 aliphatic carbocycles. The Morgan fingerprint density at radius 2 is 1.85 bits per heavy atom. The van der Waals surface area contributed by atoms with Crippen molar-refractivity contribution in [1.82, 2.24) is 14.3 Å². The number of rotatable bonds is 5. The van der Waals surface area contributed by atoms with E-state index in [1.807, 2.05) is 13.0 Å². The molecule has 33 heavy (non-hydrogen) atoms. The monoisotopic (exact) mass is 472 g/mol. The summed E-state index contributed by atoms with van der Waals surface area (Å²) in [7, 11) is -3.23. The molecular formula is C24H29FN4O3S. The SMILES string of the molecule is Cc1ccc(Nc2ncnc3c(C4CCN(S(=O)(=O)C5CCCCC5)CC4)coc23)c(F)c1. The van der Waals surface area contributed by atoms with E-state index < -0.39 is 10.0 Å². The van der Waals surface area contributed by atoms with E-state index in [2.05, 4.69) is 15.3 Å². The number of hydrogen-bond acceptors (Lipinski definition) is 6. The molecule has 176 valence electrons. The van der Waals surface area contributed by atoms with Gasteiger partial charge in [0, 0.05) is 18.7 Å².